The molecule has 2 aromatic rings. The molecular formula is C19H22N2O3. The Balaban J connectivity index is 1.58. The van der Waals surface area contributed by atoms with Crippen LogP contribution in [0.3, 0.4) is 0 Å². The van der Waals surface area contributed by atoms with Gasteiger partial charge in [0.05, 0.1) is 12.8 Å². The van der Waals surface area contributed by atoms with Gasteiger partial charge in [-0.2, -0.15) is 0 Å². The Hall–Kier alpha value is -2.69. The number of hydrogen-bond acceptors (Lipinski definition) is 4. The number of hydrogen-bond donors (Lipinski definition) is 0. The molecule has 0 spiro atoms. The van der Waals surface area contributed by atoms with E-state index < -0.39 is 0 Å². The predicted molar refractivity (Wildman–Crippen MR) is 94.3 cm³/mol. The van der Waals surface area contributed by atoms with E-state index in [1.54, 1.807) is 19.3 Å². The first-order valence-corrected chi connectivity index (χ1v) is 8.09. The van der Waals surface area contributed by atoms with E-state index in [1.807, 2.05) is 42.2 Å². The van der Waals surface area contributed by atoms with Crippen LogP contribution in [0.5, 0.6) is 5.75 Å². The quantitative estimate of drug-likeness (QED) is 0.811. The highest BCUT2D eigenvalue weighted by Gasteiger charge is 2.21. The normalized spacial score (nSPS) is 15.1. The summed E-state index contributed by atoms with van der Waals surface area (Å²) in [4.78, 5) is 16.4. The first kappa shape index (κ1) is 16.2. The lowest BCUT2D eigenvalue weighted by Crippen LogP contribution is -2.48. The van der Waals surface area contributed by atoms with E-state index in [0.29, 0.717) is 18.8 Å². The lowest BCUT2D eigenvalue weighted by Gasteiger charge is -2.36. The third-order valence-corrected chi connectivity index (χ3v) is 4.17. The molecule has 0 radical (unpaired) electrons. The Morgan fingerprint density at radius 1 is 1.12 bits per heavy atom. The lowest BCUT2D eigenvalue weighted by molar-refractivity contribution is -0.126. The SMILES string of the molecule is COc1ccccc1N1CCN(C(=O)C=Cc2ccc(C)o2)CC1. The van der Waals surface area contributed by atoms with Crippen LogP contribution in [0.4, 0.5) is 5.69 Å². The van der Waals surface area contributed by atoms with Gasteiger partial charge >= 0.3 is 0 Å². The van der Waals surface area contributed by atoms with Gasteiger partial charge in [-0.05, 0) is 37.3 Å². The minimum Gasteiger partial charge on any atom is -0.495 e. The molecule has 1 aromatic carbocycles. The van der Waals surface area contributed by atoms with Gasteiger partial charge in [0, 0.05) is 32.3 Å². The molecule has 0 saturated carbocycles. The van der Waals surface area contributed by atoms with Crippen LogP contribution in [0, 0.1) is 6.92 Å². The summed E-state index contributed by atoms with van der Waals surface area (Å²) in [6, 6.07) is 11.7. The molecule has 5 heteroatoms. The maximum absolute atomic E-state index is 12.3. The van der Waals surface area contributed by atoms with Crippen LogP contribution in [0.25, 0.3) is 6.08 Å². The number of amides is 1. The molecule has 1 aliphatic heterocycles. The summed E-state index contributed by atoms with van der Waals surface area (Å²) < 4.78 is 10.9. The van der Waals surface area contributed by atoms with E-state index in [1.165, 1.54) is 0 Å². The van der Waals surface area contributed by atoms with Crippen molar-refractivity contribution >= 4 is 17.7 Å². The Morgan fingerprint density at radius 2 is 1.88 bits per heavy atom. The average Bonchev–Trinajstić information content (AvgIpc) is 3.05. The summed E-state index contributed by atoms with van der Waals surface area (Å²) in [5.41, 5.74) is 1.08. The Bertz CT molecular complexity index is 728. The zero-order valence-electron chi connectivity index (χ0n) is 14.1. The minimum absolute atomic E-state index is 0.0173. The number of carbonyl (C=O) groups is 1. The summed E-state index contributed by atoms with van der Waals surface area (Å²) in [5.74, 6) is 2.43. The fraction of sp³-hybridized carbons (Fsp3) is 0.316. The van der Waals surface area contributed by atoms with Gasteiger partial charge in [-0.1, -0.05) is 12.1 Å². The zero-order chi connectivity index (χ0) is 16.9. The van der Waals surface area contributed by atoms with Crippen molar-refractivity contribution in [2.75, 3.05) is 38.2 Å². The number of anilines is 1. The lowest BCUT2D eigenvalue weighted by atomic mass is 10.2. The van der Waals surface area contributed by atoms with Crippen molar-refractivity contribution in [1.82, 2.24) is 4.90 Å². The molecule has 1 aromatic heterocycles. The molecule has 0 bridgehead atoms. The Morgan fingerprint density at radius 3 is 2.54 bits per heavy atom. The summed E-state index contributed by atoms with van der Waals surface area (Å²) in [7, 11) is 1.68. The molecule has 2 heterocycles. The number of methoxy groups -OCH3 is 1. The fourth-order valence-corrected chi connectivity index (χ4v) is 2.86. The number of carbonyl (C=O) groups excluding carboxylic acids is 1. The summed E-state index contributed by atoms with van der Waals surface area (Å²) >= 11 is 0. The molecule has 24 heavy (non-hydrogen) atoms. The Kier molecular flexibility index (Phi) is 4.89. The van der Waals surface area contributed by atoms with Gasteiger partial charge in [0.2, 0.25) is 5.91 Å². The smallest absolute Gasteiger partial charge is 0.246 e. The van der Waals surface area contributed by atoms with Gasteiger partial charge in [-0.15, -0.1) is 0 Å². The average molecular weight is 326 g/mol. The maximum Gasteiger partial charge on any atom is 0.246 e. The molecule has 126 valence electrons. The second-order valence-corrected chi connectivity index (χ2v) is 5.77. The van der Waals surface area contributed by atoms with Gasteiger partial charge in [-0.25, -0.2) is 0 Å². The van der Waals surface area contributed by atoms with Crippen LogP contribution in [0.1, 0.15) is 11.5 Å². The van der Waals surface area contributed by atoms with Gasteiger partial charge in [0.25, 0.3) is 0 Å². The van der Waals surface area contributed by atoms with Crippen molar-refractivity contribution < 1.29 is 13.9 Å². The van der Waals surface area contributed by atoms with Crippen LogP contribution in [-0.2, 0) is 4.79 Å². The summed E-state index contributed by atoms with van der Waals surface area (Å²) in [6.45, 7) is 4.85. The number of ether oxygens (including phenoxy) is 1. The number of furan rings is 1. The van der Waals surface area contributed by atoms with Gasteiger partial charge in [-0.3, -0.25) is 4.79 Å². The number of para-hydroxylation sites is 2. The van der Waals surface area contributed by atoms with E-state index >= 15 is 0 Å². The van der Waals surface area contributed by atoms with Crippen molar-refractivity contribution in [2.45, 2.75) is 6.92 Å². The summed E-state index contributed by atoms with van der Waals surface area (Å²) in [6.07, 6.45) is 3.30. The standard InChI is InChI=1S/C19H22N2O3/c1-15-7-8-16(24-15)9-10-19(22)21-13-11-20(12-14-21)17-5-3-4-6-18(17)23-2/h3-10H,11-14H2,1-2H3. The van der Waals surface area contributed by atoms with Crippen molar-refractivity contribution in [3.63, 3.8) is 0 Å². The van der Waals surface area contributed by atoms with Crippen LogP contribution >= 0.6 is 0 Å². The number of rotatable bonds is 4. The van der Waals surface area contributed by atoms with E-state index in [-0.39, 0.29) is 5.91 Å². The van der Waals surface area contributed by atoms with Crippen molar-refractivity contribution in [1.29, 1.82) is 0 Å². The molecule has 0 aliphatic carbocycles. The molecular weight excluding hydrogens is 304 g/mol. The first-order chi connectivity index (χ1) is 11.7. The Labute approximate surface area is 142 Å². The zero-order valence-corrected chi connectivity index (χ0v) is 14.1. The van der Waals surface area contributed by atoms with Crippen LogP contribution < -0.4 is 9.64 Å². The van der Waals surface area contributed by atoms with E-state index in [9.17, 15) is 4.79 Å². The molecule has 0 unspecified atom stereocenters. The highest BCUT2D eigenvalue weighted by atomic mass is 16.5. The van der Waals surface area contributed by atoms with Crippen LogP contribution in [-0.4, -0.2) is 44.1 Å². The van der Waals surface area contributed by atoms with Gasteiger partial charge in [0.1, 0.15) is 17.3 Å². The largest absolute Gasteiger partial charge is 0.495 e. The van der Waals surface area contributed by atoms with Crippen LogP contribution in [0.15, 0.2) is 46.9 Å². The van der Waals surface area contributed by atoms with Gasteiger partial charge in [0.15, 0.2) is 0 Å². The molecule has 0 N–H and O–H groups in total. The topological polar surface area (TPSA) is 45.9 Å². The van der Waals surface area contributed by atoms with Crippen molar-refractivity contribution in [3.8, 4) is 5.75 Å². The number of benzene rings is 1. The van der Waals surface area contributed by atoms with E-state index in [4.69, 9.17) is 9.15 Å². The molecule has 3 rings (SSSR count). The number of nitrogens with zero attached hydrogens (tertiary/aromatic N) is 2. The van der Waals surface area contributed by atoms with Crippen LogP contribution in [0.2, 0.25) is 0 Å². The second kappa shape index (κ2) is 7.25. The van der Waals surface area contributed by atoms with E-state index in [2.05, 4.69) is 11.0 Å². The predicted octanol–water partition coefficient (Wildman–Crippen LogP) is 2.96. The number of piperazine rings is 1. The first-order valence-electron chi connectivity index (χ1n) is 8.09. The highest BCUT2D eigenvalue weighted by Crippen LogP contribution is 2.28. The maximum atomic E-state index is 12.3. The van der Waals surface area contributed by atoms with Crippen molar-refractivity contribution in [3.05, 3.63) is 54.0 Å². The molecule has 1 saturated heterocycles. The fourth-order valence-electron chi connectivity index (χ4n) is 2.86. The van der Waals surface area contributed by atoms with Gasteiger partial charge < -0.3 is 19.0 Å². The highest BCUT2D eigenvalue weighted by molar-refractivity contribution is 5.91. The molecule has 5 nitrogen and oxygen atoms in total. The molecule has 1 amide bonds. The number of aryl methyl sites for hydroxylation is 1. The minimum atomic E-state index is 0.0173. The molecule has 1 fully saturated rings. The van der Waals surface area contributed by atoms with E-state index in [0.717, 1.165) is 30.3 Å². The van der Waals surface area contributed by atoms with Crippen molar-refractivity contribution in [2.24, 2.45) is 0 Å². The second-order valence-electron chi connectivity index (χ2n) is 5.77. The molecule has 1 aliphatic rings. The summed E-state index contributed by atoms with van der Waals surface area (Å²) in [5, 5.41) is 0. The molecule has 0 atom stereocenters. The monoisotopic (exact) mass is 326 g/mol. The third kappa shape index (κ3) is 3.62. The third-order valence-electron chi connectivity index (χ3n) is 4.17.